The van der Waals surface area contributed by atoms with Crippen LogP contribution in [0.3, 0.4) is 0 Å². The van der Waals surface area contributed by atoms with Crippen molar-refractivity contribution in [3.05, 3.63) is 0 Å². The SMILES string of the molecule is CCOC(=O)N(C)CCC1CC(O)C1. The van der Waals surface area contributed by atoms with Crippen molar-refractivity contribution in [1.29, 1.82) is 0 Å². The van der Waals surface area contributed by atoms with Crippen LogP contribution in [-0.2, 0) is 4.74 Å². The molecule has 82 valence electrons. The fourth-order valence-corrected chi connectivity index (χ4v) is 1.64. The van der Waals surface area contributed by atoms with Gasteiger partial charge in [0.05, 0.1) is 12.7 Å². The average Bonchev–Trinajstić information content (AvgIpc) is 2.10. The summed E-state index contributed by atoms with van der Waals surface area (Å²) >= 11 is 0. The first-order valence-electron chi connectivity index (χ1n) is 5.19. The van der Waals surface area contributed by atoms with E-state index in [0.717, 1.165) is 25.8 Å². The Balaban J connectivity index is 2.08. The number of hydrogen-bond donors (Lipinski definition) is 1. The van der Waals surface area contributed by atoms with Gasteiger partial charge >= 0.3 is 6.09 Å². The molecule has 1 aliphatic rings. The van der Waals surface area contributed by atoms with Crippen molar-refractivity contribution in [3.63, 3.8) is 0 Å². The van der Waals surface area contributed by atoms with E-state index in [4.69, 9.17) is 9.84 Å². The van der Waals surface area contributed by atoms with Crippen LogP contribution >= 0.6 is 0 Å². The van der Waals surface area contributed by atoms with Crippen LogP contribution in [0.25, 0.3) is 0 Å². The van der Waals surface area contributed by atoms with Gasteiger partial charge in [0, 0.05) is 13.6 Å². The van der Waals surface area contributed by atoms with Crippen molar-refractivity contribution in [3.8, 4) is 0 Å². The van der Waals surface area contributed by atoms with E-state index in [1.165, 1.54) is 0 Å². The van der Waals surface area contributed by atoms with Gasteiger partial charge in [0.1, 0.15) is 0 Å². The standard InChI is InChI=1S/C10H19NO3/c1-3-14-10(13)11(2)5-4-8-6-9(12)7-8/h8-9,12H,3-7H2,1-2H3. The zero-order valence-electron chi connectivity index (χ0n) is 8.90. The van der Waals surface area contributed by atoms with Crippen LogP contribution in [0.15, 0.2) is 0 Å². The quantitative estimate of drug-likeness (QED) is 0.744. The molecule has 0 spiro atoms. The predicted octanol–water partition coefficient (Wildman–Crippen LogP) is 1.24. The lowest BCUT2D eigenvalue weighted by Gasteiger charge is -2.32. The smallest absolute Gasteiger partial charge is 0.409 e. The molecule has 0 saturated heterocycles. The maximum atomic E-state index is 11.2. The van der Waals surface area contributed by atoms with Crippen LogP contribution in [-0.4, -0.2) is 42.4 Å². The lowest BCUT2D eigenvalue weighted by Crippen LogP contribution is -2.34. The number of carbonyl (C=O) groups excluding carboxylic acids is 1. The molecule has 0 aromatic rings. The Morgan fingerprint density at radius 2 is 2.21 bits per heavy atom. The minimum absolute atomic E-state index is 0.104. The third kappa shape index (κ3) is 3.18. The number of hydrogen-bond acceptors (Lipinski definition) is 3. The Bertz CT molecular complexity index is 190. The zero-order chi connectivity index (χ0) is 10.6. The van der Waals surface area contributed by atoms with Gasteiger partial charge in [-0.25, -0.2) is 4.79 Å². The highest BCUT2D eigenvalue weighted by atomic mass is 16.5. The van der Waals surface area contributed by atoms with Gasteiger partial charge in [0.2, 0.25) is 0 Å². The molecule has 0 aromatic carbocycles. The zero-order valence-corrected chi connectivity index (χ0v) is 8.90. The van der Waals surface area contributed by atoms with E-state index in [1.54, 1.807) is 18.9 Å². The molecule has 0 radical (unpaired) electrons. The molecule has 4 nitrogen and oxygen atoms in total. The monoisotopic (exact) mass is 201 g/mol. The van der Waals surface area contributed by atoms with Crippen LogP contribution in [0.4, 0.5) is 4.79 Å². The predicted molar refractivity (Wildman–Crippen MR) is 53.0 cm³/mol. The van der Waals surface area contributed by atoms with E-state index in [2.05, 4.69) is 0 Å². The normalized spacial score (nSPS) is 25.4. The minimum atomic E-state index is -0.257. The minimum Gasteiger partial charge on any atom is -0.450 e. The third-order valence-electron chi connectivity index (χ3n) is 2.66. The molecule has 1 N–H and O–H groups in total. The number of ether oxygens (including phenoxy) is 1. The number of nitrogens with zero attached hydrogens (tertiary/aromatic N) is 1. The van der Waals surface area contributed by atoms with Gasteiger partial charge in [-0.15, -0.1) is 0 Å². The van der Waals surface area contributed by atoms with Gasteiger partial charge < -0.3 is 14.7 Å². The summed E-state index contributed by atoms with van der Waals surface area (Å²) in [7, 11) is 1.74. The molecule has 0 unspecified atom stereocenters. The lowest BCUT2D eigenvalue weighted by molar-refractivity contribution is 0.0346. The Morgan fingerprint density at radius 3 is 2.71 bits per heavy atom. The van der Waals surface area contributed by atoms with E-state index in [9.17, 15) is 4.79 Å². The largest absolute Gasteiger partial charge is 0.450 e. The fraction of sp³-hybridized carbons (Fsp3) is 0.900. The Labute approximate surface area is 84.8 Å². The Kier molecular flexibility index (Phi) is 4.20. The van der Waals surface area contributed by atoms with Crippen molar-refractivity contribution in [2.24, 2.45) is 5.92 Å². The highest BCUT2D eigenvalue weighted by Crippen LogP contribution is 2.29. The van der Waals surface area contributed by atoms with Gasteiger partial charge in [-0.1, -0.05) is 0 Å². The van der Waals surface area contributed by atoms with E-state index in [0.29, 0.717) is 12.5 Å². The summed E-state index contributed by atoms with van der Waals surface area (Å²) in [5.74, 6) is 0.585. The van der Waals surface area contributed by atoms with E-state index in [1.807, 2.05) is 0 Å². The maximum Gasteiger partial charge on any atom is 0.409 e. The summed E-state index contributed by atoms with van der Waals surface area (Å²) in [6, 6.07) is 0. The molecule has 4 heteroatoms. The summed E-state index contributed by atoms with van der Waals surface area (Å²) < 4.78 is 4.85. The van der Waals surface area contributed by atoms with Crippen LogP contribution < -0.4 is 0 Å². The molecule has 1 amide bonds. The van der Waals surface area contributed by atoms with Crippen LogP contribution in [0.5, 0.6) is 0 Å². The topological polar surface area (TPSA) is 49.8 Å². The summed E-state index contributed by atoms with van der Waals surface area (Å²) in [5.41, 5.74) is 0. The first kappa shape index (κ1) is 11.3. The van der Waals surface area contributed by atoms with Crippen LogP contribution in [0.1, 0.15) is 26.2 Å². The van der Waals surface area contributed by atoms with Crippen LogP contribution in [0, 0.1) is 5.92 Å². The van der Waals surface area contributed by atoms with Gasteiger partial charge in [0.25, 0.3) is 0 Å². The lowest BCUT2D eigenvalue weighted by atomic mass is 9.80. The van der Waals surface area contributed by atoms with Crippen molar-refractivity contribution in [2.75, 3.05) is 20.2 Å². The number of aliphatic hydroxyl groups is 1. The first-order valence-corrected chi connectivity index (χ1v) is 5.19. The first-order chi connectivity index (χ1) is 6.63. The second-order valence-corrected chi connectivity index (χ2v) is 3.90. The van der Waals surface area contributed by atoms with E-state index >= 15 is 0 Å². The number of aliphatic hydroxyl groups excluding tert-OH is 1. The molecule has 0 aliphatic heterocycles. The van der Waals surface area contributed by atoms with E-state index < -0.39 is 0 Å². The molecule has 1 rings (SSSR count). The molecular formula is C10H19NO3. The summed E-state index contributed by atoms with van der Waals surface area (Å²) in [6.07, 6.45) is 2.37. The van der Waals surface area contributed by atoms with Gasteiger partial charge in [-0.3, -0.25) is 0 Å². The molecule has 0 heterocycles. The highest BCUT2D eigenvalue weighted by Gasteiger charge is 2.27. The second-order valence-electron chi connectivity index (χ2n) is 3.90. The number of carbonyl (C=O) groups is 1. The molecule has 0 bridgehead atoms. The van der Waals surface area contributed by atoms with Gasteiger partial charge in [-0.2, -0.15) is 0 Å². The summed E-state index contributed by atoms with van der Waals surface area (Å²) in [6.45, 7) is 2.94. The van der Waals surface area contributed by atoms with Crippen molar-refractivity contribution < 1.29 is 14.6 Å². The maximum absolute atomic E-state index is 11.2. The molecule has 0 atom stereocenters. The van der Waals surface area contributed by atoms with Gasteiger partial charge in [0.15, 0.2) is 0 Å². The number of rotatable bonds is 4. The van der Waals surface area contributed by atoms with Crippen molar-refractivity contribution in [2.45, 2.75) is 32.3 Å². The van der Waals surface area contributed by atoms with Gasteiger partial charge in [-0.05, 0) is 32.1 Å². The van der Waals surface area contributed by atoms with E-state index in [-0.39, 0.29) is 12.2 Å². The highest BCUT2D eigenvalue weighted by molar-refractivity contribution is 5.67. The summed E-state index contributed by atoms with van der Waals surface area (Å²) in [4.78, 5) is 12.8. The van der Waals surface area contributed by atoms with Crippen molar-refractivity contribution >= 4 is 6.09 Å². The second kappa shape index (κ2) is 5.20. The third-order valence-corrected chi connectivity index (χ3v) is 2.66. The van der Waals surface area contributed by atoms with Crippen molar-refractivity contribution in [1.82, 2.24) is 4.90 Å². The van der Waals surface area contributed by atoms with Crippen LogP contribution in [0.2, 0.25) is 0 Å². The Morgan fingerprint density at radius 1 is 1.57 bits per heavy atom. The molecule has 14 heavy (non-hydrogen) atoms. The Hall–Kier alpha value is -0.770. The fourth-order valence-electron chi connectivity index (χ4n) is 1.64. The number of amides is 1. The molecule has 1 fully saturated rings. The average molecular weight is 201 g/mol. The molecular weight excluding hydrogens is 182 g/mol. The summed E-state index contributed by atoms with van der Waals surface area (Å²) in [5, 5.41) is 9.07. The molecule has 1 aliphatic carbocycles. The molecule has 0 aromatic heterocycles. The molecule has 1 saturated carbocycles.